The fourth-order valence-corrected chi connectivity index (χ4v) is 6.94. The van der Waals surface area contributed by atoms with Gasteiger partial charge >= 0.3 is 11.9 Å². The molecule has 61 heavy (non-hydrogen) atoms. The molecule has 0 saturated heterocycles. The van der Waals surface area contributed by atoms with Gasteiger partial charge in [0.05, 0.1) is 30.2 Å². The van der Waals surface area contributed by atoms with Crippen LogP contribution in [0.4, 0.5) is 11.4 Å². The molecular weight excluding hydrogens is 784 g/mol. The Morgan fingerprint density at radius 3 is 1.64 bits per heavy atom. The highest BCUT2D eigenvalue weighted by Crippen LogP contribution is 2.31. The molecule has 9 heteroatoms. The predicted octanol–water partition coefficient (Wildman–Crippen LogP) is 15.7. The van der Waals surface area contributed by atoms with Crippen LogP contribution >= 0.6 is 11.6 Å². The fourth-order valence-electron chi connectivity index (χ4n) is 6.81. The van der Waals surface area contributed by atoms with E-state index in [1.165, 1.54) is 38.5 Å². The molecule has 0 N–H and O–H groups in total. The molecule has 0 bridgehead atoms. The highest BCUT2D eigenvalue weighted by atomic mass is 35.5. The predicted molar refractivity (Wildman–Crippen MR) is 246 cm³/mol. The van der Waals surface area contributed by atoms with Gasteiger partial charge in [0.15, 0.2) is 0 Å². The van der Waals surface area contributed by atoms with Gasteiger partial charge in [0.2, 0.25) is 0 Å². The van der Waals surface area contributed by atoms with Crippen LogP contribution in [0.15, 0.2) is 132 Å². The van der Waals surface area contributed by atoms with Crippen LogP contribution in [-0.2, 0) is 4.79 Å². The standard InChI is InChI=1S/C52H61ClN2O6/c1-2-3-4-5-6-10-13-19-36-58-47-32-26-43(27-33-47)52(57)61-50-39-46(55-54-45-30-28-44(53)29-31-45)38-49(40-50)59-37-20-14-11-8-7-9-12-18-23-51(56)60-48-34-24-42(25-35-48)41-21-16-15-17-22-41/h15-17,21-22,24-35,38-40H,2-14,18-20,23,36-37H2,1H3. The van der Waals surface area contributed by atoms with Crippen molar-refractivity contribution in [2.45, 2.75) is 116 Å². The van der Waals surface area contributed by atoms with Crippen LogP contribution in [0, 0.1) is 0 Å². The minimum atomic E-state index is -0.489. The third kappa shape index (κ3) is 18.4. The molecule has 0 atom stereocenters. The molecule has 0 radical (unpaired) electrons. The normalized spacial score (nSPS) is 11.1. The zero-order chi connectivity index (χ0) is 42.7. The molecule has 5 rings (SSSR count). The number of hydrogen-bond donors (Lipinski definition) is 0. The summed E-state index contributed by atoms with van der Waals surface area (Å²) in [5.41, 5.74) is 3.77. The van der Waals surface area contributed by atoms with E-state index in [9.17, 15) is 9.59 Å². The van der Waals surface area contributed by atoms with Gasteiger partial charge in [-0.15, -0.1) is 0 Å². The zero-order valence-electron chi connectivity index (χ0n) is 35.7. The SMILES string of the molecule is CCCCCCCCCCOc1ccc(C(=O)Oc2cc(N=Nc3ccc(Cl)cc3)cc(OCCCCCCCCCCC(=O)Oc3ccc(-c4ccccc4)cc3)c2)cc1. The van der Waals surface area contributed by atoms with Crippen molar-refractivity contribution in [2.24, 2.45) is 10.2 Å². The van der Waals surface area contributed by atoms with E-state index in [1.54, 1.807) is 66.7 Å². The molecule has 0 fully saturated rings. The van der Waals surface area contributed by atoms with E-state index >= 15 is 0 Å². The van der Waals surface area contributed by atoms with Crippen molar-refractivity contribution in [1.29, 1.82) is 0 Å². The molecule has 5 aromatic carbocycles. The van der Waals surface area contributed by atoms with Crippen molar-refractivity contribution in [3.63, 3.8) is 0 Å². The van der Waals surface area contributed by atoms with Gasteiger partial charge in [-0.25, -0.2) is 4.79 Å². The zero-order valence-corrected chi connectivity index (χ0v) is 36.5. The maximum absolute atomic E-state index is 13.2. The smallest absolute Gasteiger partial charge is 0.343 e. The number of carbonyl (C=O) groups is 2. The summed E-state index contributed by atoms with van der Waals surface area (Å²) in [5, 5.41) is 9.34. The first kappa shape index (κ1) is 46.6. The summed E-state index contributed by atoms with van der Waals surface area (Å²) in [5.74, 6) is 1.49. The topological polar surface area (TPSA) is 95.8 Å². The van der Waals surface area contributed by atoms with Crippen LogP contribution in [0.5, 0.6) is 23.0 Å². The van der Waals surface area contributed by atoms with Crippen molar-refractivity contribution in [2.75, 3.05) is 13.2 Å². The lowest BCUT2D eigenvalue weighted by Crippen LogP contribution is -2.08. The van der Waals surface area contributed by atoms with Crippen LogP contribution in [0.1, 0.15) is 126 Å². The number of nitrogens with zero attached hydrogens (tertiary/aromatic N) is 2. The number of azo groups is 1. The Bertz CT molecular complexity index is 2040. The molecule has 0 aliphatic rings. The Balaban J connectivity index is 0.991. The highest BCUT2D eigenvalue weighted by Gasteiger charge is 2.12. The first-order chi connectivity index (χ1) is 29.9. The van der Waals surface area contributed by atoms with Gasteiger partial charge in [0.25, 0.3) is 0 Å². The lowest BCUT2D eigenvalue weighted by molar-refractivity contribution is -0.134. The van der Waals surface area contributed by atoms with Gasteiger partial charge in [-0.2, -0.15) is 10.2 Å². The summed E-state index contributed by atoms with van der Waals surface area (Å²) < 4.78 is 23.4. The molecule has 0 aliphatic heterocycles. The first-order valence-electron chi connectivity index (χ1n) is 22.2. The number of esters is 2. The van der Waals surface area contributed by atoms with E-state index in [0.29, 0.717) is 58.8 Å². The molecule has 0 saturated carbocycles. The number of rotatable bonds is 28. The Labute approximate surface area is 367 Å². The van der Waals surface area contributed by atoms with E-state index < -0.39 is 5.97 Å². The maximum atomic E-state index is 13.2. The van der Waals surface area contributed by atoms with E-state index in [4.69, 9.17) is 30.5 Å². The number of unbranched alkanes of at least 4 members (excludes halogenated alkanes) is 14. The molecule has 0 spiro atoms. The number of hydrogen-bond acceptors (Lipinski definition) is 8. The molecule has 322 valence electrons. The third-order valence-corrected chi connectivity index (χ3v) is 10.5. The van der Waals surface area contributed by atoms with Gasteiger partial charge in [-0.1, -0.05) is 144 Å². The minimum Gasteiger partial charge on any atom is -0.494 e. The Kier molecular flexibility index (Phi) is 20.9. The fraction of sp³-hybridized carbons (Fsp3) is 0.385. The van der Waals surface area contributed by atoms with E-state index in [2.05, 4.69) is 29.3 Å². The summed E-state index contributed by atoms with van der Waals surface area (Å²) in [7, 11) is 0. The van der Waals surface area contributed by atoms with Gasteiger partial charge < -0.3 is 18.9 Å². The Morgan fingerprint density at radius 1 is 0.475 bits per heavy atom. The van der Waals surface area contributed by atoms with Crippen LogP contribution in [0.3, 0.4) is 0 Å². The van der Waals surface area contributed by atoms with Crippen LogP contribution in [0.2, 0.25) is 5.02 Å². The highest BCUT2D eigenvalue weighted by molar-refractivity contribution is 6.30. The van der Waals surface area contributed by atoms with E-state index in [0.717, 1.165) is 81.1 Å². The van der Waals surface area contributed by atoms with Crippen LogP contribution in [-0.4, -0.2) is 25.2 Å². The summed E-state index contributed by atoms with van der Waals surface area (Å²) in [6.07, 6.45) is 18.6. The molecule has 0 unspecified atom stereocenters. The van der Waals surface area contributed by atoms with Crippen molar-refractivity contribution >= 4 is 34.9 Å². The van der Waals surface area contributed by atoms with Gasteiger partial charge in [0, 0.05) is 29.6 Å². The molecule has 0 amide bonds. The lowest BCUT2D eigenvalue weighted by Gasteiger charge is -2.11. The van der Waals surface area contributed by atoms with Gasteiger partial charge in [0.1, 0.15) is 23.0 Å². The summed E-state index contributed by atoms with van der Waals surface area (Å²) in [6, 6.07) is 37.1. The first-order valence-corrected chi connectivity index (χ1v) is 22.6. The van der Waals surface area contributed by atoms with Crippen molar-refractivity contribution in [3.05, 3.63) is 132 Å². The van der Waals surface area contributed by atoms with Crippen LogP contribution < -0.4 is 18.9 Å². The summed E-state index contributed by atoms with van der Waals surface area (Å²) in [4.78, 5) is 25.5. The molecule has 5 aromatic rings. The number of carbonyl (C=O) groups excluding carboxylic acids is 2. The second-order valence-corrected chi connectivity index (χ2v) is 15.8. The van der Waals surface area contributed by atoms with E-state index in [1.807, 2.05) is 42.5 Å². The van der Waals surface area contributed by atoms with Crippen molar-refractivity contribution in [3.8, 4) is 34.1 Å². The average molecular weight is 846 g/mol. The molecule has 0 heterocycles. The van der Waals surface area contributed by atoms with Crippen LogP contribution in [0.25, 0.3) is 11.1 Å². The molecule has 0 aliphatic carbocycles. The Morgan fingerprint density at radius 2 is 1.00 bits per heavy atom. The second-order valence-electron chi connectivity index (χ2n) is 15.4. The third-order valence-electron chi connectivity index (χ3n) is 10.3. The quantitative estimate of drug-likeness (QED) is 0.0215. The van der Waals surface area contributed by atoms with Crippen molar-refractivity contribution in [1.82, 2.24) is 0 Å². The number of halogens is 1. The largest absolute Gasteiger partial charge is 0.494 e. The monoisotopic (exact) mass is 844 g/mol. The van der Waals surface area contributed by atoms with Gasteiger partial charge in [-0.05, 0) is 91.1 Å². The van der Waals surface area contributed by atoms with Crippen molar-refractivity contribution < 1.29 is 28.5 Å². The maximum Gasteiger partial charge on any atom is 0.343 e. The van der Waals surface area contributed by atoms with E-state index in [-0.39, 0.29) is 5.97 Å². The molecule has 8 nitrogen and oxygen atoms in total. The number of ether oxygens (including phenoxy) is 4. The molecular formula is C52H61ClN2O6. The summed E-state index contributed by atoms with van der Waals surface area (Å²) in [6.45, 7) is 3.42. The summed E-state index contributed by atoms with van der Waals surface area (Å²) >= 11 is 6.04. The second kappa shape index (κ2) is 27.4. The minimum absolute atomic E-state index is 0.187. The number of benzene rings is 5. The lowest BCUT2D eigenvalue weighted by atomic mass is 10.1. The van der Waals surface area contributed by atoms with Gasteiger partial charge in [-0.3, -0.25) is 4.79 Å². The average Bonchev–Trinajstić information content (AvgIpc) is 3.28. The molecule has 0 aromatic heterocycles. The Hall–Kier alpha value is -5.47.